The minimum Gasteiger partial charge on any atom is -0.352 e. The molecule has 0 unspecified atom stereocenters. The van der Waals surface area contributed by atoms with Crippen LogP contribution in [0.1, 0.15) is 12.8 Å². The molecule has 0 saturated carbocycles. The summed E-state index contributed by atoms with van der Waals surface area (Å²) in [5, 5.41) is 3.27. The van der Waals surface area contributed by atoms with Crippen LogP contribution in [0, 0.1) is 0 Å². The fourth-order valence-corrected chi connectivity index (χ4v) is 2.43. The molecule has 1 aromatic heterocycles. The van der Waals surface area contributed by atoms with Crippen molar-refractivity contribution in [2.45, 2.75) is 12.8 Å². The number of rotatable bonds is 3. The Bertz CT molecular complexity index is 640. The van der Waals surface area contributed by atoms with Crippen LogP contribution in [0.15, 0.2) is 24.3 Å². The molecule has 1 saturated heterocycles. The van der Waals surface area contributed by atoms with Crippen LogP contribution < -0.4 is 10.2 Å². The van der Waals surface area contributed by atoms with Gasteiger partial charge in [0.15, 0.2) is 5.82 Å². The normalized spacial score (nSPS) is 14.6. The number of para-hydroxylation sites is 2. The molecule has 1 aliphatic heterocycles. The van der Waals surface area contributed by atoms with Gasteiger partial charge in [-0.05, 0) is 25.0 Å². The zero-order valence-corrected chi connectivity index (χ0v) is 12.0. The van der Waals surface area contributed by atoms with Crippen molar-refractivity contribution in [1.82, 2.24) is 9.97 Å². The smallest absolute Gasteiger partial charge is 0.262 e. The van der Waals surface area contributed by atoms with Gasteiger partial charge in [-0.25, -0.2) is 15.3 Å². The maximum atomic E-state index is 4.80. The Hall–Kier alpha value is -2.17. The molecule has 1 fully saturated rings. The van der Waals surface area contributed by atoms with Crippen molar-refractivity contribution in [3.05, 3.63) is 24.3 Å². The number of nitrogens with zero attached hydrogens (tertiary/aromatic N) is 4. The number of aromatic nitrogens is 2. The summed E-state index contributed by atoms with van der Waals surface area (Å²) in [6.07, 6.45) is 4.36. The minimum atomic E-state index is 0.833. The van der Waals surface area contributed by atoms with Crippen molar-refractivity contribution in [1.29, 1.82) is 0 Å². The lowest BCUT2D eigenvalue weighted by Crippen LogP contribution is -2.22. The first-order chi connectivity index (χ1) is 9.74. The Morgan fingerprint density at radius 3 is 2.40 bits per heavy atom. The van der Waals surface area contributed by atoms with Gasteiger partial charge in [-0.1, -0.05) is 12.1 Å². The van der Waals surface area contributed by atoms with E-state index in [4.69, 9.17) is 9.97 Å². The third kappa shape index (κ3) is 2.57. The molecule has 5 nitrogen and oxygen atoms in total. The number of fused-ring (bicyclic) bond motifs is 1. The summed E-state index contributed by atoms with van der Waals surface area (Å²) >= 11 is 0. The van der Waals surface area contributed by atoms with Crippen LogP contribution in [0.25, 0.3) is 11.0 Å². The Labute approximate surface area is 119 Å². The highest BCUT2D eigenvalue weighted by atomic mass is 15.2. The Morgan fingerprint density at radius 2 is 1.75 bits per heavy atom. The van der Waals surface area contributed by atoms with E-state index in [1.807, 2.05) is 49.3 Å². The van der Waals surface area contributed by atoms with Gasteiger partial charge < -0.3 is 4.90 Å². The highest BCUT2D eigenvalue weighted by molar-refractivity contribution is 5.84. The number of hydrogen-bond donors (Lipinski definition) is 1. The zero-order valence-electron chi connectivity index (χ0n) is 12.0. The second-order valence-electron chi connectivity index (χ2n) is 5.32. The van der Waals surface area contributed by atoms with Gasteiger partial charge in [0.1, 0.15) is 0 Å². The highest BCUT2D eigenvalue weighted by Gasteiger charge is 2.21. The minimum absolute atomic E-state index is 0.833. The summed E-state index contributed by atoms with van der Waals surface area (Å²) in [6.45, 7) is 2.12. The van der Waals surface area contributed by atoms with Crippen LogP contribution in [-0.2, 0) is 0 Å². The molecule has 2 heterocycles. The second-order valence-corrected chi connectivity index (χ2v) is 5.32. The molecule has 1 aromatic carbocycles. The van der Waals surface area contributed by atoms with Gasteiger partial charge in [0.2, 0.25) is 6.34 Å². The van der Waals surface area contributed by atoms with Crippen LogP contribution in [0.2, 0.25) is 0 Å². The highest BCUT2D eigenvalue weighted by Crippen LogP contribution is 2.27. The molecular formula is C15H20N5+. The fraction of sp³-hybridized carbons (Fsp3) is 0.400. The zero-order chi connectivity index (χ0) is 13.9. The van der Waals surface area contributed by atoms with Crippen molar-refractivity contribution < 1.29 is 4.58 Å². The average Bonchev–Trinajstić information content (AvgIpc) is 2.98. The van der Waals surface area contributed by atoms with Crippen molar-refractivity contribution >= 4 is 29.0 Å². The van der Waals surface area contributed by atoms with Crippen LogP contribution in [0.3, 0.4) is 0 Å². The Kier molecular flexibility index (Phi) is 3.50. The SMILES string of the molecule is C[N+](C)=CNc1nc2ccccc2nc1N1CCCC1. The number of benzene rings is 1. The van der Waals surface area contributed by atoms with E-state index in [2.05, 4.69) is 10.2 Å². The number of nitrogens with one attached hydrogen (secondary N) is 1. The second kappa shape index (κ2) is 5.45. The molecule has 0 amide bonds. The van der Waals surface area contributed by atoms with E-state index in [1.165, 1.54) is 12.8 Å². The predicted octanol–water partition coefficient (Wildman–Crippen LogP) is 1.94. The molecule has 2 aromatic rings. The fourth-order valence-electron chi connectivity index (χ4n) is 2.43. The summed E-state index contributed by atoms with van der Waals surface area (Å²) in [7, 11) is 3.97. The van der Waals surface area contributed by atoms with Crippen LogP contribution >= 0.6 is 0 Å². The summed E-state index contributed by atoms with van der Waals surface area (Å²) in [4.78, 5) is 11.8. The van der Waals surface area contributed by atoms with E-state index in [0.29, 0.717) is 0 Å². The van der Waals surface area contributed by atoms with E-state index in [1.54, 1.807) is 0 Å². The van der Waals surface area contributed by atoms with E-state index < -0.39 is 0 Å². The first-order valence-electron chi connectivity index (χ1n) is 7.02. The standard InChI is InChI=1S/C15H19N5/c1-19(2)11-16-14-15(20-9-5-6-10-20)18-13-8-4-3-7-12(13)17-14/h3-4,7-8,11H,5-6,9-10H2,1-2H3/p+1. The third-order valence-electron chi connectivity index (χ3n) is 3.42. The molecule has 1 N–H and O–H groups in total. The molecule has 0 bridgehead atoms. The van der Waals surface area contributed by atoms with Gasteiger partial charge in [-0.3, -0.25) is 4.58 Å². The largest absolute Gasteiger partial charge is 0.352 e. The van der Waals surface area contributed by atoms with Gasteiger partial charge in [-0.2, -0.15) is 0 Å². The molecule has 0 aliphatic carbocycles. The van der Waals surface area contributed by atoms with Gasteiger partial charge in [-0.15, -0.1) is 0 Å². The van der Waals surface area contributed by atoms with Crippen LogP contribution in [0.5, 0.6) is 0 Å². The first-order valence-corrected chi connectivity index (χ1v) is 7.02. The molecule has 0 radical (unpaired) electrons. The number of anilines is 2. The lowest BCUT2D eigenvalue weighted by molar-refractivity contribution is -0.459. The topological polar surface area (TPSA) is 44.1 Å². The van der Waals surface area contributed by atoms with Crippen LogP contribution in [0.4, 0.5) is 11.6 Å². The van der Waals surface area contributed by atoms with E-state index in [0.717, 1.165) is 35.8 Å². The summed E-state index contributed by atoms with van der Waals surface area (Å²) in [5.74, 6) is 1.79. The molecule has 5 heteroatoms. The average molecular weight is 270 g/mol. The molecule has 20 heavy (non-hydrogen) atoms. The maximum absolute atomic E-state index is 4.80. The lowest BCUT2D eigenvalue weighted by atomic mass is 10.3. The molecule has 0 atom stereocenters. The molecule has 1 aliphatic rings. The Morgan fingerprint density at radius 1 is 1.10 bits per heavy atom. The lowest BCUT2D eigenvalue weighted by Gasteiger charge is -2.17. The van der Waals surface area contributed by atoms with Crippen LogP contribution in [-0.4, -0.2) is 48.1 Å². The summed E-state index contributed by atoms with van der Waals surface area (Å²) < 4.78 is 1.96. The van der Waals surface area contributed by atoms with Crippen molar-refractivity contribution in [2.75, 3.05) is 37.4 Å². The molecule has 0 spiro atoms. The summed E-state index contributed by atoms with van der Waals surface area (Å²) in [5.41, 5.74) is 1.87. The monoisotopic (exact) mass is 270 g/mol. The quantitative estimate of drug-likeness (QED) is 0.526. The van der Waals surface area contributed by atoms with E-state index >= 15 is 0 Å². The third-order valence-corrected chi connectivity index (χ3v) is 3.42. The predicted molar refractivity (Wildman–Crippen MR) is 82.8 cm³/mol. The van der Waals surface area contributed by atoms with Crippen molar-refractivity contribution in [3.63, 3.8) is 0 Å². The maximum Gasteiger partial charge on any atom is 0.262 e. The first kappa shape index (κ1) is 12.8. The van der Waals surface area contributed by atoms with Gasteiger partial charge >= 0.3 is 0 Å². The van der Waals surface area contributed by atoms with Gasteiger partial charge in [0.25, 0.3) is 5.82 Å². The van der Waals surface area contributed by atoms with E-state index in [-0.39, 0.29) is 0 Å². The molecular weight excluding hydrogens is 250 g/mol. The van der Waals surface area contributed by atoms with Gasteiger partial charge in [0, 0.05) is 13.1 Å². The molecule has 104 valence electrons. The van der Waals surface area contributed by atoms with Crippen molar-refractivity contribution in [3.8, 4) is 0 Å². The molecule has 3 rings (SSSR count). The summed E-state index contributed by atoms with van der Waals surface area (Å²) in [6, 6.07) is 8.01. The van der Waals surface area contributed by atoms with Gasteiger partial charge in [0.05, 0.1) is 25.1 Å². The van der Waals surface area contributed by atoms with E-state index in [9.17, 15) is 0 Å². The van der Waals surface area contributed by atoms with Crippen molar-refractivity contribution in [2.24, 2.45) is 0 Å². The Balaban J connectivity index is 2.07. The number of hydrogen-bond acceptors (Lipinski definition) is 3.